The van der Waals surface area contributed by atoms with E-state index in [0.29, 0.717) is 4.88 Å². The summed E-state index contributed by atoms with van der Waals surface area (Å²) in [5.41, 5.74) is 1.16. The molecule has 0 unspecified atom stereocenters. The maximum atomic E-state index is 10.9. The Balaban J connectivity index is 2.74. The Hall–Kier alpha value is -0.870. The van der Waals surface area contributed by atoms with E-state index in [9.17, 15) is 4.79 Å². The summed E-state index contributed by atoms with van der Waals surface area (Å²) in [5.74, 6) is -0.818. The third-order valence-electron chi connectivity index (χ3n) is 2.70. The van der Waals surface area contributed by atoms with Crippen molar-refractivity contribution in [2.24, 2.45) is 0 Å². The van der Waals surface area contributed by atoms with E-state index in [2.05, 4.69) is 18.7 Å². The van der Waals surface area contributed by atoms with Gasteiger partial charge in [0.25, 0.3) is 0 Å². The molecule has 1 aromatic heterocycles. The standard InChI is InChI=1S/C13H21NO2S/c1-4-6-14(7-5-2)9-11-8-12(13(15)16)17-10(11)3/h8H,4-7,9H2,1-3H3,(H,15,16). The van der Waals surface area contributed by atoms with Crippen LogP contribution < -0.4 is 0 Å². The quantitative estimate of drug-likeness (QED) is 0.812. The van der Waals surface area contributed by atoms with Gasteiger partial charge in [0.15, 0.2) is 0 Å². The van der Waals surface area contributed by atoms with Crippen LogP contribution in [0.3, 0.4) is 0 Å². The van der Waals surface area contributed by atoms with Gasteiger partial charge in [-0.3, -0.25) is 4.90 Å². The summed E-state index contributed by atoms with van der Waals surface area (Å²) in [4.78, 5) is 14.9. The highest BCUT2D eigenvalue weighted by molar-refractivity contribution is 7.14. The van der Waals surface area contributed by atoms with Crippen molar-refractivity contribution in [3.63, 3.8) is 0 Å². The van der Waals surface area contributed by atoms with Crippen LogP contribution >= 0.6 is 11.3 Å². The minimum atomic E-state index is -0.818. The summed E-state index contributed by atoms with van der Waals surface area (Å²) < 4.78 is 0. The Bertz CT molecular complexity index is 367. The molecule has 0 bridgehead atoms. The third kappa shape index (κ3) is 4.13. The monoisotopic (exact) mass is 255 g/mol. The second kappa shape index (κ2) is 6.77. The van der Waals surface area contributed by atoms with Crippen LogP contribution in [-0.2, 0) is 6.54 Å². The zero-order valence-electron chi connectivity index (χ0n) is 10.8. The van der Waals surface area contributed by atoms with E-state index in [1.54, 1.807) is 0 Å². The molecule has 0 aliphatic carbocycles. The zero-order valence-corrected chi connectivity index (χ0v) is 11.6. The Morgan fingerprint density at radius 3 is 2.35 bits per heavy atom. The van der Waals surface area contributed by atoms with E-state index >= 15 is 0 Å². The van der Waals surface area contributed by atoms with Gasteiger partial charge in [0.1, 0.15) is 4.88 Å². The summed E-state index contributed by atoms with van der Waals surface area (Å²) in [6.45, 7) is 9.37. The highest BCUT2D eigenvalue weighted by Gasteiger charge is 2.13. The number of thiophene rings is 1. The van der Waals surface area contributed by atoms with Crippen LogP contribution in [0.25, 0.3) is 0 Å². The molecule has 1 aromatic rings. The maximum Gasteiger partial charge on any atom is 0.345 e. The molecule has 0 aliphatic heterocycles. The largest absolute Gasteiger partial charge is 0.477 e. The van der Waals surface area contributed by atoms with Crippen LogP contribution in [0.2, 0.25) is 0 Å². The number of rotatable bonds is 7. The number of nitrogens with zero attached hydrogens (tertiary/aromatic N) is 1. The minimum Gasteiger partial charge on any atom is -0.477 e. The summed E-state index contributed by atoms with van der Waals surface area (Å²) >= 11 is 1.37. The van der Waals surface area contributed by atoms with E-state index < -0.39 is 5.97 Å². The van der Waals surface area contributed by atoms with Crippen LogP contribution in [0.4, 0.5) is 0 Å². The van der Waals surface area contributed by atoms with Gasteiger partial charge >= 0.3 is 5.97 Å². The summed E-state index contributed by atoms with van der Waals surface area (Å²) in [6, 6.07) is 1.82. The van der Waals surface area contributed by atoms with E-state index in [1.165, 1.54) is 11.3 Å². The van der Waals surface area contributed by atoms with Gasteiger partial charge in [-0.15, -0.1) is 11.3 Å². The smallest absolute Gasteiger partial charge is 0.345 e. The molecule has 0 aromatic carbocycles. The van der Waals surface area contributed by atoms with Crippen molar-refractivity contribution in [3.8, 4) is 0 Å². The van der Waals surface area contributed by atoms with Crippen molar-refractivity contribution in [2.75, 3.05) is 13.1 Å². The van der Waals surface area contributed by atoms with Gasteiger partial charge in [0.2, 0.25) is 0 Å². The molecule has 0 amide bonds. The topological polar surface area (TPSA) is 40.5 Å². The first-order chi connectivity index (χ1) is 8.08. The van der Waals surface area contributed by atoms with E-state index in [-0.39, 0.29) is 0 Å². The van der Waals surface area contributed by atoms with Gasteiger partial charge in [-0.25, -0.2) is 4.79 Å². The predicted molar refractivity (Wildman–Crippen MR) is 71.9 cm³/mol. The SMILES string of the molecule is CCCN(CCC)Cc1cc(C(=O)O)sc1C. The fraction of sp³-hybridized carbons (Fsp3) is 0.615. The Morgan fingerprint density at radius 2 is 1.94 bits per heavy atom. The van der Waals surface area contributed by atoms with E-state index in [4.69, 9.17) is 5.11 Å². The van der Waals surface area contributed by atoms with Crippen LogP contribution in [0.15, 0.2) is 6.07 Å². The molecule has 0 saturated heterocycles. The minimum absolute atomic E-state index is 0.449. The fourth-order valence-corrected chi connectivity index (χ4v) is 2.80. The second-order valence-electron chi connectivity index (χ2n) is 4.27. The van der Waals surface area contributed by atoms with Crippen molar-refractivity contribution in [1.29, 1.82) is 0 Å². The molecule has 96 valence electrons. The molecule has 0 aliphatic rings. The first kappa shape index (κ1) is 14.2. The molecule has 1 heterocycles. The molecule has 3 nitrogen and oxygen atoms in total. The molecular formula is C13H21NO2S. The molecule has 1 N–H and O–H groups in total. The van der Waals surface area contributed by atoms with Gasteiger partial charge in [-0.2, -0.15) is 0 Å². The van der Waals surface area contributed by atoms with E-state index in [0.717, 1.165) is 42.9 Å². The molecule has 0 saturated carbocycles. The van der Waals surface area contributed by atoms with Gasteiger partial charge < -0.3 is 5.11 Å². The number of carboxylic acid groups (broad SMARTS) is 1. The number of aryl methyl sites for hydroxylation is 1. The van der Waals surface area contributed by atoms with Crippen molar-refractivity contribution < 1.29 is 9.90 Å². The van der Waals surface area contributed by atoms with Crippen LogP contribution in [-0.4, -0.2) is 29.1 Å². The maximum absolute atomic E-state index is 10.9. The van der Waals surface area contributed by atoms with Crippen LogP contribution in [0.5, 0.6) is 0 Å². The van der Waals surface area contributed by atoms with Crippen LogP contribution in [0.1, 0.15) is 46.8 Å². The van der Waals surface area contributed by atoms with Crippen molar-refractivity contribution >= 4 is 17.3 Å². The van der Waals surface area contributed by atoms with Gasteiger partial charge in [-0.1, -0.05) is 13.8 Å². The Morgan fingerprint density at radius 1 is 1.35 bits per heavy atom. The highest BCUT2D eigenvalue weighted by atomic mass is 32.1. The lowest BCUT2D eigenvalue weighted by Crippen LogP contribution is -2.24. The Labute approximate surface area is 107 Å². The average Bonchev–Trinajstić information content (AvgIpc) is 2.61. The summed E-state index contributed by atoms with van der Waals surface area (Å²) in [7, 11) is 0. The normalized spacial score (nSPS) is 11.1. The number of hydrogen-bond acceptors (Lipinski definition) is 3. The zero-order chi connectivity index (χ0) is 12.8. The van der Waals surface area contributed by atoms with Gasteiger partial charge in [-0.05, 0) is 44.5 Å². The molecule has 0 radical (unpaired) electrons. The van der Waals surface area contributed by atoms with E-state index in [1.807, 2.05) is 13.0 Å². The summed E-state index contributed by atoms with van der Waals surface area (Å²) in [6.07, 6.45) is 2.27. The second-order valence-corrected chi connectivity index (χ2v) is 5.53. The van der Waals surface area contributed by atoms with Gasteiger partial charge in [0, 0.05) is 11.4 Å². The number of hydrogen-bond donors (Lipinski definition) is 1. The molecule has 4 heteroatoms. The Kier molecular flexibility index (Phi) is 5.65. The molecule has 0 fully saturated rings. The molecule has 17 heavy (non-hydrogen) atoms. The third-order valence-corrected chi connectivity index (χ3v) is 3.79. The lowest BCUT2D eigenvalue weighted by Gasteiger charge is -2.20. The molecule has 0 atom stereocenters. The summed E-state index contributed by atoms with van der Waals surface area (Å²) in [5, 5.41) is 8.96. The molecule has 0 spiro atoms. The van der Waals surface area contributed by atoms with Crippen molar-refractivity contribution in [3.05, 3.63) is 21.4 Å². The lowest BCUT2D eigenvalue weighted by atomic mass is 10.2. The lowest BCUT2D eigenvalue weighted by molar-refractivity contribution is 0.0702. The van der Waals surface area contributed by atoms with Crippen molar-refractivity contribution in [2.45, 2.75) is 40.2 Å². The first-order valence-electron chi connectivity index (χ1n) is 6.13. The number of aromatic carboxylic acids is 1. The molecular weight excluding hydrogens is 234 g/mol. The predicted octanol–water partition coefficient (Wildman–Crippen LogP) is 3.38. The number of carbonyl (C=O) groups is 1. The molecule has 1 rings (SSSR count). The van der Waals surface area contributed by atoms with Crippen molar-refractivity contribution in [1.82, 2.24) is 4.90 Å². The van der Waals surface area contributed by atoms with Crippen LogP contribution in [0, 0.1) is 6.92 Å². The fourth-order valence-electron chi connectivity index (χ4n) is 1.93. The number of carboxylic acids is 1. The highest BCUT2D eigenvalue weighted by Crippen LogP contribution is 2.23. The average molecular weight is 255 g/mol. The van der Waals surface area contributed by atoms with Gasteiger partial charge in [0.05, 0.1) is 0 Å². The first-order valence-corrected chi connectivity index (χ1v) is 6.95.